The Balaban J connectivity index is 1.48. The Morgan fingerprint density at radius 3 is 3.15 bits per heavy atom. The topological polar surface area (TPSA) is 101 Å². The van der Waals surface area contributed by atoms with Crippen LogP contribution in [0.4, 0.5) is 4.79 Å². The van der Waals surface area contributed by atoms with Gasteiger partial charge in [-0.05, 0) is 24.6 Å². The van der Waals surface area contributed by atoms with E-state index in [0.29, 0.717) is 32.1 Å². The van der Waals surface area contributed by atoms with Gasteiger partial charge >= 0.3 is 6.03 Å². The van der Waals surface area contributed by atoms with E-state index in [1.54, 1.807) is 4.90 Å². The van der Waals surface area contributed by atoms with Crippen molar-refractivity contribution in [2.24, 2.45) is 7.05 Å². The van der Waals surface area contributed by atoms with Crippen LogP contribution in [0.25, 0.3) is 11.0 Å². The molecule has 0 bridgehead atoms. The first kappa shape index (κ1) is 16.5. The van der Waals surface area contributed by atoms with Crippen LogP contribution in [0.5, 0.6) is 0 Å². The van der Waals surface area contributed by atoms with Gasteiger partial charge in [0.15, 0.2) is 0 Å². The first-order valence-electron chi connectivity index (χ1n) is 8.53. The van der Waals surface area contributed by atoms with Gasteiger partial charge in [-0.1, -0.05) is 6.07 Å². The summed E-state index contributed by atoms with van der Waals surface area (Å²) >= 11 is 0. The van der Waals surface area contributed by atoms with Crippen LogP contribution in [-0.2, 0) is 18.3 Å². The van der Waals surface area contributed by atoms with Gasteiger partial charge in [0, 0.05) is 13.6 Å². The minimum atomic E-state index is -0.269. The van der Waals surface area contributed by atoms with E-state index < -0.39 is 0 Å². The molecule has 1 atom stereocenters. The second-order valence-corrected chi connectivity index (χ2v) is 6.39. The fourth-order valence-corrected chi connectivity index (χ4v) is 3.22. The monoisotopic (exact) mass is 355 g/mol. The zero-order valence-electron chi connectivity index (χ0n) is 14.8. The van der Waals surface area contributed by atoms with Gasteiger partial charge in [-0.15, -0.1) is 0 Å². The molecule has 0 spiro atoms. The summed E-state index contributed by atoms with van der Waals surface area (Å²) in [5.41, 5.74) is 3.14. The van der Waals surface area contributed by atoms with Crippen LogP contribution < -0.4 is 5.32 Å². The molecule has 9 nitrogen and oxygen atoms in total. The van der Waals surface area contributed by atoms with Crippen molar-refractivity contribution in [3.63, 3.8) is 0 Å². The van der Waals surface area contributed by atoms with Crippen LogP contribution in [0.15, 0.2) is 24.5 Å². The number of amides is 2. The third-order valence-electron chi connectivity index (χ3n) is 4.67. The molecule has 2 N–H and O–H groups in total. The molecule has 136 valence electrons. The lowest BCUT2D eigenvalue weighted by Gasteiger charge is -2.34. The van der Waals surface area contributed by atoms with Gasteiger partial charge in [-0.2, -0.15) is 5.10 Å². The minimum absolute atomic E-state index is 0.169. The molecule has 1 unspecified atom stereocenters. The first-order chi connectivity index (χ1) is 12.6. The van der Waals surface area contributed by atoms with E-state index in [0.717, 1.165) is 22.4 Å². The van der Waals surface area contributed by atoms with Crippen molar-refractivity contribution in [1.82, 2.24) is 34.9 Å². The number of hydrogen-bond donors (Lipinski definition) is 2. The summed E-state index contributed by atoms with van der Waals surface area (Å²) in [7, 11) is 1.96. The third kappa shape index (κ3) is 3.01. The Kier molecular flexibility index (Phi) is 4.29. The van der Waals surface area contributed by atoms with E-state index >= 15 is 0 Å². The maximum absolute atomic E-state index is 12.7. The van der Waals surface area contributed by atoms with Gasteiger partial charge in [-0.3, -0.25) is 5.10 Å². The van der Waals surface area contributed by atoms with E-state index in [9.17, 15) is 4.79 Å². The number of carbonyl (C=O) groups is 1. The van der Waals surface area contributed by atoms with Crippen LogP contribution in [-0.4, -0.2) is 55.4 Å². The lowest BCUT2D eigenvalue weighted by molar-refractivity contribution is 0.00861. The molecule has 26 heavy (non-hydrogen) atoms. The van der Waals surface area contributed by atoms with E-state index in [2.05, 4.69) is 31.5 Å². The lowest BCUT2D eigenvalue weighted by atomic mass is 10.2. The molecule has 4 rings (SSSR count). The van der Waals surface area contributed by atoms with E-state index in [1.807, 2.05) is 30.7 Å². The summed E-state index contributed by atoms with van der Waals surface area (Å²) < 4.78 is 7.50. The number of morpholine rings is 1. The number of nitrogens with one attached hydrogen (secondary N) is 2. The maximum Gasteiger partial charge on any atom is 0.318 e. The molecule has 0 saturated carbocycles. The molecular weight excluding hydrogens is 334 g/mol. The fourth-order valence-electron chi connectivity index (χ4n) is 3.22. The molecule has 0 radical (unpaired) electrons. The molecule has 2 amide bonds. The molecule has 3 heterocycles. The molecule has 1 aliphatic rings. The highest BCUT2D eigenvalue weighted by molar-refractivity contribution is 5.77. The second-order valence-electron chi connectivity index (χ2n) is 6.39. The number of imidazole rings is 1. The Hall–Kier alpha value is -2.94. The number of rotatable bonds is 3. The normalized spacial score (nSPS) is 17.6. The zero-order valence-corrected chi connectivity index (χ0v) is 14.8. The number of H-pyrrole nitrogens is 1. The number of benzene rings is 1. The summed E-state index contributed by atoms with van der Waals surface area (Å²) in [4.78, 5) is 23.2. The Morgan fingerprint density at radius 2 is 2.35 bits per heavy atom. The minimum Gasteiger partial charge on any atom is -0.377 e. The number of ether oxygens (including phenoxy) is 1. The summed E-state index contributed by atoms with van der Waals surface area (Å²) in [6.45, 7) is 3.79. The molecule has 9 heteroatoms. The molecule has 1 saturated heterocycles. The standard InChI is InChI=1S/C17H21N7O2/c1-11-3-4-13-12(7-11)21-15(23(13)2)8-18-17(25)24-5-6-26-9-14(24)16-19-10-20-22-16/h3-4,7,10,14H,5-6,8-9H2,1-2H3,(H,18,25)(H,19,20,22). The van der Waals surface area contributed by atoms with Crippen molar-refractivity contribution in [3.05, 3.63) is 41.7 Å². The average molecular weight is 355 g/mol. The molecular formula is C17H21N7O2. The maximum atomic E-state index is 12.7. The molecule has 0 aliphatic carbocycles. The average Bonchev–Trinajstić information content (AvgIpc) is 3.28. The van der Waals surface area contributed by atoms with Crippen molar-refractivity contribution >= 4 is 17.1 Å². The second kappa shape index (κ2) is 6.75. The fraction of sp³-hybridized carbons (Fsp3) is 0.412. The van der Waals surface area contributed by atoms with Crippen molar-refractivity contribution in [2.75, 3.05) is 19.8 Å². The summed E-state index contributed by atoms with van der Waals surface area (Å²) in [6.07, 6.45) is 1.43. The van der Waals surface area contributed by atoms with E-state index in [-0.39, 0.29) is 12.1 Å². The quantitative estimate of drug-likeness (QED) is 0.737. The van der Waals surface area contributed by atoms with E-state index in [4.69, 9.17) is 4.74 Å². The van der Waals surface area contributed by atoms with Crippen LogP contribution >= 0.6 is 0 Å². The van der Waals surface area contributed by atoms with Crippen LogP contribution in [0, 0.1) is 6.92 Å². The van der Waals surface area contributed by atoms with Gasteiger partial charge in [0.1, 0.15) is 24.0 Å². The van der Waals surface area contributed by atoms with Crippen LogP contribution in [0.3, 0.4) is 0 Å². The van der Waals surface area contributed by atoms with Crippen molar-refractivity contribution < 1.29 is 9.53 Å². The highest BCUT2D eigenvalue weighted by Gasteiger charge is 2.30. The highest BCUT2D eigenvalue weighted by atomic mass is 16.5. The highest BCUT2D eigenvalue weighted by Crippen LogP contribution is 2.21. The Labute approximate surface area is 150 Å². The number of urea groups is 1. The summed E-state index contributed by atoms with van der Waals surface area (Å²) in [6, 6.07) is 5.71. The number of hydrogen-bond acceptors (Lipinski definition) is 5. The summed E-state index contributed by atoms with van der Waals surface area (Å²) in [5, 5.41) is 9.65. The smallest absolute Gasteiger partial charge is 0.318 e. The first-order valence-corrected chi connectivity index (χ1v) is 8.53. The lowest BCUT2D eigenvalue weighted by Crippen LogP contribution is -2.48. The largest absolute Gasteiger partial charge is 0.377 e. The van der Waals surface area contributed by atoms with Crippen LogP contribution in [0.2, 0.25) is 0 Å². The number of carbonyl (C=O) groups excluding carboxylic acids is 1. The molecule has 1 aliphatic heterocycles. The number of nitrogens with zero attached hydrogens (tertiary/aromatic N) is 5. The predicted octanol–water partition coefficient (Wildman–Crippen LogP) is 1.28. The Bertz CT molecular complexity index is 919. The SMILES string of the molecule is Cc1ccc2c(c1)nc(CNC(=O)N1CCOCC1c1ncn[nH]1)n2C. The number of fused-ring (bicyclic) bond motifs is 1. The third-order valence-corrected chi connectivity index (χ3v) is 4.67. The zero-order chi connectivity index (χ0) is 18.1. The van der Waals surface area contributed by atoms with Crippen molar-refractivity contribution in [2.45, 2.75) is 19.5 Å². The molecule has 3 aromatic rings. The van der Waals surface area contributed by atoms with Crippen LogP contribution in [0.1, 0.15) is 23.3 Å². The molecule has 1 fully saturated rings. The van der Waals surface area contributed by atoms with Gasteiger partial charge in [-0.25, -0.2) is 14.8 Å². The van der Waals surface area contributed by atoms with Crippen molar-refractivity contribution in [1.29, 1.82) is 0 Å². The van der Waals surface area contributed by atoms with Gasteiger partial charge in [0.05, 0.1) is 30.8 Å². The van der Waals surface area contributed by atoms with Gasteiger partial charge in [0.25, 0.3) is 0 Å². The van der Waals surface area contributed by atoms with Crippen molar-refractivity contribution in [3.8, 4) is 0 Å². The summed E-state index contributed by atoms with van der Waals surface area (Å²) in [5.74, 6) is 1.43. The number of aromatic nitrogens is 5. The van der Waals surface area contributed by atoms with Gasteiger partial charge < -0.3 is 19.5 Å². The molecule has 1 aromatic carbocycles. The molecule has 2 aromatic heterocycles. The Morgan fingerprint density at radius 1 is 1.46 bits per heavy atom. The van der Waals surface area contributed by atoms with Gasteiger partial charge in [0.2, 0.25) is 0 Å². The number of aryl methyl sites for hydroxylation is 2. The number of aromatic amines is 1. The van der Waals surface area contributed by atoms with E-state index in [1.165, 1.54) is 6.33 Å². The predicted molar refractivity (Wildman–Crippen MR) is 94.3 cm³/mol.